The van der Waals surface area contributed by atoms with Crippen molar-refractivity contribution in [3.8, 4) is 0 Å². The van der Waals surface area contributed by atoms with E-state index in [1.165, 1.54) is 0 Å². The van der Waals surface area contributed by atoms with E-state index < -0.39 is 5.60 Å². The Bertz CT molecular complexity index is 766. The van der Waals surface area contributed by atoms with Crippen LogP contribution in [0.2, 0.25) is 0 Å². The highest BCUT2D eigenvalue weighted by atomic mass is 79.9. The fraction of sp³-hybridized carbons (Fsp3) is 0.588. The van der Waals surface area contributed by atoms with E-state index >= 15 is 0 Å². The predicted molar refractivity (Wildman–Crippen MR) is 95.2 cm³/mol. The molecule has 3 heterocycles. The molecule has 3 rings (SSSR count). The van der Waals surface area contributed by atoms with Gasteiger partial charge in [0.05, 0.1) is 10.7 Å². The van der Waals surface area contributed by atoms with E-state index in [4.69, 9.17) is 9.72 Å². The van der Waals surface area contributed by atoms with Crippen LogP contribution in [0, 0.1) is 6.92 Å². The van der Waals surface area contributed by atoms with Crippen LogP contribution in [0.1, 0.15) is 50.9 Å². The second-order valence-electron chi connectivity index (χ2n) is 7.32. The zero-order valence-corrected chi connectivity index (χ0v) is 16.1. The summed E-state index contributed by atoms with van der Waals surface area (Å²) in [7, 11) is 0. The molecular weight excluding hydrogens is 372 g/mol. The number of aryl methyl sites for hydroxylation is 1. The molecule has 0 spiro atoms. The maximum absolute atomic E-state index is 12.3. The summed E-state index contributed by atoms with van der Waals surface area (Å²) >= 11 is 3.50. The summed E-state index contributed by atoms with van der Waals surface area (Å²) in [6, 6.07) is 2.07. The first-order valence-electron chi connectivity index (χ1n) is 8.23. The van der Waals surface area contributed by atoms with E-state index in [1.54, 1.807) is 11.1 Å². The molecule has 2 aromatic rings. The molecule has 0 aromatic carbocycles. The number of ether oxygens (including phenoxy) is 1. The molecule has 0 aliphatic carbocycles. The predicted octanol–water partition coefficient (Wildman–Crippen LogP) is 3.91. The minimum absolute atomic E-state index is 0.219. The molecule has 24 heavy (non-hydrogen) atoms. The van der Waals surface area contributed by atoms with Crippen LogP contribution in [0.3, 0.4) is 0 Å². The van der Waals surface area contributed by atoms with E-state index in [1.807, 2.05) is 32.2 Å². The number of fused-ring (bicyclic) bond motifs is 1. The van der Waals surface area contributed by atoms with Gasteiger partial charge in [-0.1, -0.05) is 0 Å². The van der Waals surface area contributed by atoms with Crippen LogP contribution in [0.5, 0.6) is 0 Å². The molecule has 7 heteroatoms. The maximum Gasteiger partial charge on any atom is 0.410 e. The molecule has 0 radical (unpaired) electrons. The summed E-state index contributed by atoms with van der Waals surface area (Å²) in [6.45, 7) is 9.07. The largest absolute Gasteiger partial charge is 0.444 e. The third-order valence-electron chi connectivity index (χ3n) is 4.12. The van der Waals surface area contributed by atoms with Gasteiger partial charge in [-0.05, 0) is 62.5 Å². The Hall–Kier alpha value is -1.63. The molecule has 0 saturated carbocycles. The van der Waals surface area contributed by atoms with Crippen molar-refractivity contribution in [1.82, 2.24) is 19.5 Å². The number of piperidine rings is 1. The van der Waals surface area contributed by atoms with Gasteiger partial charge < -0.3 is 9.64 Å². The van der Waals surface area contributed by atoms with Crippen LogP contribution >= 0.6 is 15.9 Å². The van der Waals surface area contributed by atoms with Crippen molar-refractivity contribution in [2.75, 3.05) is 13.1 Å². The van der Waals surface area contributed by atoms with Crippen LogP contribution in [0.25, 0.3) is 5.65 Å². The van der Waals surface area contributed by atoms with Gasteiger partial charge in [-0.25, -0.2) is 14.3 Å². The molecule has 1 amide bonds. The van der Waals surface area contributed by atoms with Crippen molar-refractivity contribution in [2.45, 2.75) is 52.1 Å². The molecule has 1 saturated heterocycles. The first kappa shape index (κ1) is 17.2. The molecule has 1 aliphatic rings. The number of carbonyl (C=O) groups is 1. The van der Waals surface area contributed by atoms with Crippen LogP contribution < -0.4 is 0 Å². The van der Waals surface area contributed by atoms with Crippen LogP contribution in [-0.4, -0.2) is 44.3 Å². The fourth-order valence-corrected chi connectivity index (χ4v) is 3.38. The summed E-state index contributed by atoms with van der Waals surface area (Å²) in [4.78, 5) is 18.9. The Kier molecular flexibility index (Phi) is 4.55. The van der Waals surface area contributed by atoms with Gasteiger partial charge >= 0.3 is 6.09 Å². The monoisotopic (exact) mass is 394 g/mol. The summed E-state index contributed by atoms with van der Waals surface area (Å²) in [5, 5.41) is 4.31. The molecule has 0 N–H and O–H groups in total. The number of aromatic nitrogens is 3. The van der Waals surface area contributed by atoms with E-state index in [0.29, 0.717) is 6.54 Å². The lowest BCUT2D eigenvalue weighted by Crippen LogP contribution is -2.42. The van der Waals surface area contributed by atoms with Crippen molar-refractivity contribution in [3.63, 3.8) is 0 Å². The van der Waals surface area contributed by atoms with Crippen molar-refractivity contribution >= 4 is 27.7 Å². The van der Waals surface area contributed by atoms with Gasteiger partial charge in [-0.3, -0.25) is 0 Å². The molecular formula is C17H23BrN4O2. The van der Waals surface area contributed by atoms with Crippen LogP contribution in [-0.2, 0) is 4.74 Å². The van der Waals surface area contributed by atoms with E-state index in [0.717, 1.165) is 40.9 Å². The molecule has 1 atom stereocenters. The highest BCUT2D eigenvalue weighted by Gasteiger charge is 2.29. The quantitative estimate of drug-likeness (QED) is 0.735. The minimum atomic E-state index is -0.472. The molecule has 1 aliphatic heterocycles. The molecule has 1 fully saturated rings. The highest BCUT2D eigenvalue weighted by Crippen LogP contribution is 2.29. The smallest absolute Gasteiger partial charge is 0.410 e. The SMILES string of the molecule is Cc1cc(C2CCCN(C(=O)OC(C)(C)C)C2)nc2c(Br)cnn12. The Balaban J connectivity index is 1.82. The van der Waals surface area contributed by atoms with Gasteiger partial charge in [0.15, 0.2) is 5.65 Å². The first-order chi connectivity index (χ1) is 11.2. The Morgan fingerprint density at radius 2 is 2.17 bits per heavy atom. The normalized spacial score (nSPS) is 18.9. The summed E-state index contributed by atoms with van der Waals surface area (Å²) in [5.41, 5.74) is 2.39. The number of hydrogen-bond donors (Lipinski definition) is 0. The number of nitrogens with zero attached hydrogens (tertiary/aromatic N) is 4. The third kappa shape index (κ3) is 3.55. The van der Waals surface area contributed by atoms with E-state index in [9.17, 15) is 4.79 Å². The highest BCUT2D eigenvalue weighted by molar-refractivity contribution is 9.10. The lowest BCUT2D eigenvalue weighted by molar-refractivity contribution is 0.0197. The molecule has 130 valence electrons. The Morgan fingerprint density at radius 1 is 1.42 bits per heavy atom. The fourth-order valence-electron chi connectivity index (χ4n) is 3.03. The minimum Gasteiger partial charge on any atom is -0.444 e. The lowest BCUT2D eigenvalue weighted by atomic mass is 9.94. The van der Waals surface area contributed by atoms with Gasteiger partial charge in [0.25, 0.3) is 0 Å². The zero-order valence-electron chi connectivity index (χ0n) is 14.5. The molecule has 2 aromatic heterocycles. The molecule has 0 bridgehead atoms. The summed E-state index contributed by atoms with van der Waals surface area (Å²) in [5.74, 6) is 0.219. The van der Waals surface area contributed by atoms with Gasteiger partial charge in [0, 0.05) is 30.4 Å². The number of halogens is 1. The van der Waals surface area contributed by atoms with Crippen molar-refractivity contribution < 1.29 is 9.53 Å². The van der Waals surface area contributed by atoms with Crippen molar-refractivity contribution in [2.24, 2.45) is 0 Å². The first-order valence-corrected chi connectivity index (χ1v) is 9.02. The number of carbonyl (C=O) groups excluding carboxylic acids is 1. The average Bonchev–Trinajstić information content (AvgIpc) is 2.88. The molecule has 6 nitrogen and oxygen atoms in total. The second-order valence-corrected chi connectivity index (χ2v) is 8.17. The summed E-state index contributed by atoms with van der Waals surface area (Å²) < 4.78 is 8.21. The zero-order chi connectivity index (χ0) is 17.5. The number of hydrogen-bond acceptors (Lipinski definition) is 4. The number of rotatable bonds is 1. The Morgan fingerprint density at radius 3 is 2.88 bits per heavy atom. The van der Waals surface area contributed by atoms with Crippen LogP contribution in [0.15, 0.2) is 16.7 Å². The molecule has 1 unspecified atom stereocenters. The number of likely N-dealkylation sites (tertiary alicyclic amines) is 1. The van der Waals surface area contributed by atoms with Crippen molar-refractivity contribution in [3.05, 3.63) is 28.1 Å². The topological polar surface area (TPSA) is 59.7 Å². The second kappa shape index (κ2) is 6.35. The van der Waals surface area contributed by atoms with E-state index in [-0.39, 0.29) is 12.0 Å². The van der Waals surface area contributed by atoms with Gasteiger partial charge in [0.1, 0.15) is 5.60 Å². The Labute approximate surface area is 150 Å². The average molecular weight is 395 g/mol. The maximum atomic E-state index is 12.3. The third-order valence-corrected chi connectivity index (χ3v) is 4.68. The van der Waals surface area contributed by atoms with Crippen molar-refractivity contribution in [1.29, 1.82) is 0 Å². The van der Waals surface area contributed by atoms with E-state index in [2.05, 4.69) is 27.1 Å². The number of amides is 1. The van der Waals surface area contributed by atoms with Crippen LogP contribution in [0.4, 0.5) is 4.79 Å². The van der Waals surface area contributed by atoms with Gasteiger partial charge in [-0.15, -0.1) is 0 Å². The van der Waals surface area contributed by atoms with Gasteiger partial charge in [-0.2, -0.15) is 5.10 Å². The van der Waals surface area contributed by atoms with Gasteiger partial charge in [0.2, 0.25) is 0 Å². The lowest BCUT2D eigenvalue weighted by Gasteiger charge is -2.34. The standard InChI is InChI=1S/C17H23BrN4O2/c1-11-8-14(20-15-13(18)9-19-22(11)15)12-6-5-7-21(10-12)16(23)24-17(2,3)4/h8-9,12H,5-7,10H2,1-4H3. The summed E-state index contributed by atoms with van der Waals surface area (Å²) in [6.07, 6.45) is 3.49.